The van der Waals surface area contributed by atoms with Gasteiger partial charge in [-0.05, 0) is 6.92 Å². The molecule has 0 saturated carbocycles. The van der Waals surface area contributed by atoms with Gasteiger partial charge in [0.25, 0.3) is 0 Å². The van der Waals surface area contributed by atoms with E-state index in [1.165, 1.54) is 20.3 Å². The molecule has 0 aromatic heterocycles. The van der Waals surface area contributed by atoms with Gasteiger partial charge in [0, 0.05) is 0 Å². The Hall–Kier alpha value is -1.58. The monoisotopic (exact) mass is 198 g/mol. The molecule has 0 aliphatic rings. The topological polar surface area (TPSA) is 52.6 Å². The molecule has 0 atom stereocenters. The van der Waals surface area contributed by atoms with Gasteiger partial charge < -0.3 is 9.47 Å². The van der Waals surface area contributed by atoms with Gasteiger partial charge in [0.05, 0.1) is 14.2 Å². The van der Waals surface area contributed by atoms with Gasteiger partial charge in [0.1, 0.15) is 0 Å². The standard InChI is InChI=1S/C10H14O4/c1-4-5-6-7-8(9(11)13-2)10(12)14-3/h4-8H,1-3H3/b5-4+,7-6+. The largest absolute Gasteiger partial charge is 0.468 e. The number of hydrogen-bond donors (Lipinski definition) is 0. The summed E-state index contributed by atoms with van der Waals surface area (Å²) in [6.45, 7) is 1.83. The Labute approximate surface area is 83.2 Å². The summed E-state index contributed by atoms with van der Waals surface area (Å²) in [5.41, 5.74) is 0. The van der Waals surface area contributed by atoms with Crippen molar-refractivity contribution in [2.45, 2.75) is 6.92 Å². The van der Waals surface area contributed by atoms with Crippen LogP contribution in [0.5, 0.6) is 0 Å². The smallest absolute Gasteiger partial charge is 0.323 e. The number of carbonyl (C=O) groups excluding carboxylic acids is 2. The van der Waals surface area contributed by atoms with Crippen LogP contribution in [0.4, 0.5) is 0 Å². The molecule has 0 fully saturated rings. The highest BCUT2D eigenvalue weighted by Crippen LogP contribution is 2.04. The van der Waals surface area contributed by atoms with Crippen molar-refractivity contribution in [2.75, 3.05) is 14.2 Å². The fraction of sp³-hybridized carbons (Fsp3) is 0.400. The Morgan fingerprint density at radius 3 is 1.93 bits per heavy atom. The summed E-state index contributed by atoms with van der Waals surface area (Å²) in [4.78, 5) is 22.2. The number of esters is 2. The first-order chi connectivity index (χ1) is 6.67. The lowest BCUT2D eigenvalue weighted by atomic mass is 10.1. The van der Waals surface area contributed by atoms with Crippen LogP contribution < -0.4 is 0 Å². The van der Waals surface area contributed by atoms with Gasteiger partial charge in [0.15, 0.2) is 5.92 Å². The van der Waals surface area contributed by atoms with E-state index in [-0.39, 0.29) is 0 Å². The minimum absolute atomic E-state index is 0.627. The number of allylic oxidation sites excluding steroid dienone is 3. The van der Waals surface area contributed by atoms with Crippen molar-refractivity contribution in [3.05, 3.63) is 24.3 Å². The molecular formula is C10H14O4. The van der Waals surface area contributed by atoms with Crippen LogP contribution in [-0.4, -0.2) is 26.2 Å². The van der Waals surface area contributed by atoms with Crippen molar-refractivity contribution in [2.24, 2.45) is 5.92 Å². The molecule has 0 aliphatic carbocycles. The van der Waals surface area contributed by atoms with Gasteiger partial charge in [-0.15, -0.1) is 0 Å². The van der Waals surface area contributed by atoms with Crippen molar-refractivity contribution in [1.29, 1.82) is 0 Å². The average molecular weight is 198 g/mol. The molecule has 0 bridgehead atoms. The van der Waals surface area contributed by atoms with E-state index in [2.05, 4.69) is 9.47 Å². The average Bonchev–Trinajstić information content (AvgIpc) is 2.22. The van der Waals surface area contributed by atoms with Gasteiger partial charge in [0.2, 0.25) is 0 Å². The van der Waals surface area contributed by atoms with Crippen molar-refractivity contribution < 1.29 is 19.1 Å². The van der Waals surface area contributed by atoms with Crippen molar-refractivity contribution in [1.82, 2.24) is 0 Å². The molecule has 0 amide bonds. The normalized spacial score (nSPS) is 11.1. The quantitative estimate of drug-likeness (QED) is 0.385. The minimum Gasteiger partial charge on any atom is -0.468 e. The zero-order chi connectivity index (χ0) is 11.0. The highest BCUT2D eigenvalue weighted by atomic mass is 16.5. The third-order valence-corrected chi connectivity index (χ3v) is 1.52. The fourth-order valence-electron chi connectivity index (χ4n) is 0.794. The zero-order valence-electron chi connectivity index (χ0n) is 8.52. The molecule has 4 heteroatoms. The maximum atomic E-state index is 11.1. The predicted octanol–water partition coefficient (Wildman–Crippen LogP) is 1.08. The van der Waals surface area contributed by atoms with Crippen molar-refractivity contribution >= 4 is 11.9 Å². The van der Waals surface area contributed by atoms with Crippen LogP contribution in [0.1, 0.15) is 6.92 Å². The van der Waals surface area contributed by atoms with Crippen LogP contribution in [0.15, 0.2) is 24.3 Å². The van der Waals surface area contributed by atoms with Crippen LogP contribution >= 0.6 is 0 Å². The second-order valence-corrected chi connectivity index (χ2v) is 2.43. The maximum absolute atomic E-state index is 11.1. The molecule has 0 aromatic carbocycles. The minimum atomic E-state index is -0.985. The Bertz CT molecular complexity index is 237. The molecule has 14 heavy (non-hydrogen) atoms. The Morgan fingerprint density at radius 2 is 1.57 bits per heavy atom. The number of ether oxygens (including phenoxy) is 2. The van der Waals surface area contributed by atoms with Crippen LogP contribution in [-0.2, 0) is 19.1 Å². The Morgan fingerprint density at radius 1 is 1.07 bits per heavy atom. The van der Waals surface area contributed by atoms with Gasteiger partial charge in [-0.3, -0.25) is 9.59 Å². The van der Waals surface area contributed by atoms with E-state index < -0.39 is 17.9 Å². The summed E-state index contributed by atoms with van der Waals surface area (Å²) < 4.78 is 8.90. The van der Waals surface area contributed by atoms with E-state index in [9.17, 15) is 9.59 Å². The molecule has 78 valence electrons. The third kappa shape index (κ3) is 3.89. The summed E-state index contributed by atoms with van der Waals surface area (Å²) >= 11 is 0. The summed E-state index contributed by atoms with van der Waals surface area (Å²) in [6.07, 6.45) is 6.51. The highest BCUT2D eigenvalue weighted by molar-refractivity contribution is 5.96. The lowest BCUT2D eigenvalue weighted by Gasteiger charge is -2.06. The molecule has 0 spiro atoms. The molecule has 0 heterocycles. The first-order valence-electron chi connectivity index (χ1n) is 4.12. The molecule has 0 radical (unpaired) electrons. The fourth-order valence-corrected chi connectivity index (χ4v) is 0.794. The predicted molar refractivity (Wildman–Crippen MR) is 51.5 cm³/mol. The number of rotatable bonds is 4. The number of hydrogen-bond acceptors (Lipinski definition) is 4. The van der Waals surface area contributed by atoms with E-state index >= 15 is 0 Å². The summed E-state index contributed by atoms with van der Waals surface area (Å²) in [5, 5.41) is 0. The SMILES string of the molecule is C/C=C/C=C/C(C(=O)OC)C(=O)OC. The van der Waals surface area contributed by atoms with Gasteiger partial charge >= 0.3 is 11.9 Å². The molecule has 0 unspecified atom stereocenters. The first kappa shape index (κ1) is 12.4. The molecule has 0 aliphatic heterocycles. The van der Waals surface area contributed by atoms with Crippen molar-refractivity contribution in [3.8, 4) is 0 Å². The van der Waals surface area contributed by atoms with Crippen LogP contribution in [0.3, 0.4) is 0 Å². The summed E-state index contributed by atoms with van der Waals surface area (Å²) in [6, 6.07) is 0. The summed E-state index contributed by atoms with van der Waals surface area (Å²) in [7, 11) is 2.45. The Balaban J connectivity index is 4.55. The number of methoxy groups -OCH3 is 2. The molecule has 0 rings (SSSR count). The number of carbonyl (C=O) groups is 2. The van der Waals surface area contributed by atoms with E-state index in [0.717, 1.165) is 0 Å². The van der Waals surface area contributed by atoms with Crippen LogP contribution in [0, 0.1) is 5.92 Å². The van der Waals surface area contributed by atoms with E-state index in [1.807, 2.05) is 6.92 Å². The van der Waals surface area contributed by atoms with E-state index in [0.29, 0.717) is 0 Å². The van der Waals surface area contributed by atoms with Gasteiger partial charge in [-0.1, -0.05) is 24.3 Å². The maximum Gasteiger partial charge on any atom is 0.323 e. The molecule has 0 aromatic rings. The first-order valence-corrected chi connectivity index (χ1v) is 4.12. The molecule has 4 nitrogen and oxygen atoms in total. The van der Waals surface area contributed by atoms with E-state index in [4.69, 9.17) is 0 Å². The lowest BCUT2D eigenvalue weighted by molar-refractivity contribution is -0.156. The molecular weight excluding hydrogens is 184 g/mol. The second-order valence-electron chi connectivity index (χ2n) is 2.43. The molecule has 0 N–H and O–H groups in total. The van der Waals surface area contributed by atoms with Crippen LogP contribution in [0.25, 0.3) is 0 Å². The molecule has 0 saturated heterocycles. The van der Waals surface area contributed by atoms with E-state index in [1.54, 1.807) is 18.2 Å². The lowest BCUT2D eigenvalue weighted by Crippen LogP contribution is -2.24. The van der Waals surface area contributed by atoms with Gasteiger partial charge in [-0.2, -0.15) is 0 Å². The van der Waals surface area contributed by atoms with Gasteiger partial charge in [-0.25, -0.2) is 0 Å². The second kappa shape index (κ2) is 6.88. The van der Waals surface area contributed by atoms with Crippen LogP contribution in [0.2, 0.25) is 0 Å². The zero-order valence-corrected chi connectivity index (χ0v) is 8.52. The third-order valence-electron chi connectivity index (χ3n) is 1.52. The highest BCUT2D eigenvalue weighted by Gasteiger charge is 2.25. The van der Waals surface area contributed by atoms with Crippen molar-refractivity contribution in [3.63, 3.8) is 0 Å². The summed E-state index contributed by atoms with van der Waals surface area (Å²) in [5.74, 6) is -2.24. The Kier molecular flexibility index (Phi) is 6.11.